The minimum Gasteiger partial charge on any atom is -0.352 e. The van der Waals surface area contributed by atoms with E-state index in [2.05, 4.69) is 10.3 Å². The van der Waals surface area contributed by atoms with Crippen molar-refractivity contribution >= 4 is 11.6 Å². The predicted octanol–water partition coefficient (Wildman–Crippen LogP) is 2.80. The summed E-state index contributed by atoms with van der Waals surface area (Å²) in [7, 11) is 3.81. The molecule has 23 heavy (non-hydrogen) atoms. The Labute approximate surface area is 135 Å². The van der Waals surface area contributed by atoms with Gasteiger partial charge in [0.05, 0.1) is 11.5 Å². The fraction of sp³-hybridized carbons (Fsp3) is 0.235. The van der Waals surface area contributed by atoms with Gasteiger partial charge in [-0.1, -0.05) is 42.5 Å². The van der Waals surface area contributed by atoms with Crippen molar-refractivity contribution in [2.75, 3.05) is 14.1 Å². The van der Waals surface area contributed by atoms with Crippen LogP contribution in [0.4, 0.5) is 5.69 Å². The van der Waals surface area contributed by atoms with Crippen molar-refractivity contribution in [3.63, 3.8) is 0 Å². The second-order valence-electron chi connectivity index (χ2n) is 5.30. The minimum absolute atomic E-state index is 0.0846. The van der Waals surface area contributed by atoms with Gasteiger partial charge >= 0.3 is 0 Å². The number of benzene rings is 2. The van der Waals surface area contributed by atoms with Crippen LogP contribution in [-0.2, 0) is 13.1 Å². The normalized spacial score (nSPS) is 11.1. The molecule has 1 N–H and O–H groups in total. The molecule has 0 radical (unpaired) electrons. The van der Waals surface area contributed by atoms with Gasteiger partial charge in [-0.05, 0) is 11.1 Å². The molecule has 0 spiro atoms. The third-order valence-electron chi connectivity index (χ3n) is 3.25. The van der Waals surface area contributed by atoms with Crippen molar-refractivity contribution in [3.05, 3.63) is 75.8 Å². The molecule has 0 aromatic heterocycles. The topological polar surface area (TPSA) is 70.8 Å². The Kier molecular flexibility index (Phi) is 5.68. The maximum absolute atomic E-state index is 10.8. The van der Waals surface area contributed by atoms with E-state index in [4.69, 9.17) is 0 Å². The van der Waals surface area contributed by atoms with E-state index >= 15 is 0 Å². The molecule has 2 aromatic carbocycles. The smallest absolute Gasteiger partial charge is 0.269 e. The number of aliphatic imine (C=N–C) groups is 1. The monoisotopic (exact) mass is 312 g/mol. The van der Waals surface area contributed by atoms with Gasteiger partial charge in [0.25, 0.3) is 5.69 Å². The number of nitrogens with zero attached hydrogens (tertiary/aromatic N) is 3. The largest absolute Gasteiger partial charge is 0.352 e. The lowest BCUT2D eigenvalue weighted by Crippen LogP contribution is -2.36. The Morgan fingerprint density at radius 3 is 2.48 bits per heavy atom. The minimum atomic E-state index is -0.395. The van der Waals surface area contributed by atoms with E-state index in [-0.39, 0.29) is 5.69 Å². The first-order valence-corrected chi connectivity index (χ1v) is 7.29. The van der Waals surface area contributed by atoms with Crippen molar-refractivity contribution in [2.24, 2.45) is 4.99 Å². The first-order valence-electron chi connectivity index (χ1n) is 7.29. The molecule has 0 aliphatic heterocycles. The highest BCUT2D eigenvalue weighted by molar-refractivity contribution is 5.79. The maximum atomic E-state index is 10.8. The van der Waals surface area contributed by atoms with E-state index in [1.54, 1.807) is 12.1 Å². The second kappa shape index (κ2) is 7.93. The number of nitro benzene ring substituents is 1. The van der Waals surface area contributed by atoms with Crippen LogP contribution < -0.4 is 5.32 Å². The van der Waals surface area contributed by atoms with Crippen LogP contribution in [-0.4, -0.2) is 29.9 Å². The summed E-state index contributed by atoms with van der Waals surface area (Å²) in [6.45, 7) is 1.06. The molecule has 0 atom stereocenters. The summed E-state index contributed by atoms with van der Waals surface area (Å²) in [4.78, 5) is 16.8. The van der Waals surface area contributed by atoms with Gasteiger partial charge in [-0.15, -0.1) is 0 Å². The summed E-state index contributed by atoms with van der Waals surface area (Å²) in [6, 6.07) is 16.6. The van der Waals surface area contributed by atoms with E-state index < -0.39 is 4.92 Å². The zero-order valence-corrected chi connectivity index (χ0v) is 13.3. The summed E-state index contributed by atoms with van der Waals surface area (Å²) in [6.07, 6.45) is 0. The molecule has 0 aliphatic rings. The fourth-order valence-corrected chi connectivity index (χ4v) is 2.07. The average molecular weight is 312 g/mol. The maximum Gasteiger partial charge on any atom is 0.269 e. The summed E-state index contributed by atoms with van der Waals surface area (Å²) in [5.41, 5.74) is 2.05. The standard InChI is InChI=1S/C17H20N4O2/c1-20(2)17(18-12-14-7-4-3-5-8-14)19-13-15-9-6-10-16(11-15)21(22)23/h3-11H,12-13H2,1-2H3,(H,18,19). The van der Waals surface area contributed by atoms with E-state index in [1.807, 2.05) is 55.4 Å². The fourth-order valence-electron chi connectivity index (χ4n) is 2.07. The Balaban J connectivity index is 2.04. The van der Waals surface area contributed by atoms with Crippen LogP contribution in [0.1, 0.15) is 11.1 Å². The molecule has 0 fully saturated rings. The highest BCUT2D eigenvalue weighted by atomic mass is 16.6. The summed E-state index contributed by atoms with van der Waals surface area (Å²) in [5, 5.41) is 14.1. The number of guanidine groups is 1. The number of hydrogen-bond donors (Lipinski definition) is 1. The Hall–Kier alpha value is -2.89. The molecular formula is C17H20N4O2. The van der Waals surface area contributed by atoms with E-state index in [1.165, 1.54) is 6.07 Å². The lowest BCUT2D eigenvalue weighted by Gasteiger charge is -2.17. The number of nitrogens with one attached hydrogen (secondary N) is 1. The number of non-ortho nitro benzene ring substituents is 1. The molecule has 6 heteroatoms. The zero-order valence-electron chi connectivity index (χ0n) is 13.3. The van der Waals surface area contributed by atoms with Crippen molar-refractivity contribution in [2.45, 2.75) is 13.1 Å². The SMILES string of the molecule is CN(C)C(=NCc1cccc([N+](=O)[O-])c1)NCc1ccccc1. The molecule has 6 nitrogen and oxygen atoms in total. The molecule has 0 bridgehead atoms. The van der Waals surface area contributed by atoms with Crippen molar-refractivity contribution in [1.82, 2.24) is 10.2 Å². The van der Waals surface area contributed by atoms with E-state index in [0.717, 1.165) is 17.1 Å². The lowest BCUT2D eigenvalue weighted by molar-refractivity contribution is -0.384. The summed E-state index contributed by atoms with van der Waals surface area (Å²) in [5.74, 6) is 0.736. The molecule has 0 aliphatic carbocycles. The lowest BCUT2D eigenvalue weighted by atomic mass is 10.2. The third kappa shape index (κ3) is 5.10. The van der Waals surface area contributed by atoms with Gasteiger partial charge in [0.1, 0.15) is 0 Å². The van der Waals surface area contributed by atoms with Crippen LogP contribution in [0, 0.1) is 10.1 Å². The van der Waals surface area contributed by atoms with E-state index in [0.29, 0.717) is 13.1 Å². The van der Waals surface area contributed by atoms with Crippen LogP contribution in [0.2, 0.25) is 0 Å². The Bertz CT molecular complexity index is 684. The molecule has 0 saturated carbocycles. The van der Waals surface area contributed by atoms with E-state index in [9.17, 15) is 10.1 Å². The van der Waals surface area contributed by atoms with Gasteiger partial charge in [0.15, 0.2) is 5.96 Å². The first-order chi connectivity index (χ1) is 11.1. The van der Waals surface area contributed by atoms with Crippen LogP contribution in [0.5, 0.6) is 0 Å². The number of rotatable bonds is 5. The van der Waals surface area contributed by atoms with Gasteiger partial charge < -0.3 is 10.2 Å². The number of hydrogen-bond acceptors (Lipinski definition) is 3. The molecule has 120 valence electrons. The quantitative estimate of drug-likeness (QED) is 0.399. The first kappa shape index (κ1) is 16.5. The molecule has 0 amide bonds. The van der Waals surface area contributed by atoms with Crippen LogP contribution >= 0.6 is 0 Å². The molecule has 2 rings (SSSR count). The van der Waals surface area contributed by atoms with Gasteiger partial charge in [-0.3, -0.25) is 10.1 Å². The second-order valence-corrected chi connectivity index (χ2v) is 5.30. The highest BCUT2D eigenvalue weighted by Crippen LogP contribution is 2.13. The highest BCUT2D eigenvalue weighted by Gasteiger charge is 2.06. The van der Waals surface area contributed by atoms with Crippen LogP contribution in [0.25, 0.3) is 0 Å². The van der Waals surface area contributed by atoms with Crippen LogP contribution in [0.3, 0.4) is 0 Å². The van der Waals surface area contributed by atoms with Crippen molar-refractivity contribution in [1.29, 1.82) is 0 Å². The van der Waals surface area contributed by atoms with Gasteiger partial charge in [-0.25, -0.2) is 4.99 Å². The van der Waals surface area contributed by atoms with Crippen molar-refractivity contribution in [3.8, 4) is 0 Å². The summed E-state index contributed by atoms with van der Waals surface area (Å²) < 4.78 is 0. The van der Waals surface area contributed by atoms with Gasteiger partial charge in [-0.2, -0.15) is 0 Å². The molecule has 0 heterocycles. The molecule has 0 unspecified atom stereocenters. The Morgan fingerprint density at radius 1 is 1.13 bits per heavy atom. The van der Waals surface area contributed by atoms with Crippen LogP contribution in [0.15, 0.2) is 59.6 Å². The molecule has 2 aromatic rings. The Morgan fingerprint density at radius 2 is 1.83 bits per heavy atom. The van der Waals surface area contributed by atoms with Crippen molar-refractivity contribution < 1.29 is 4.92 Å². The molecule has 0 saturated heterocycles. The average Bonchev–Trinajstić information content (AvgIpc) is 2.55. The van der Waals surface area contributed by atoms with Gasteiger partial charge in [0.2, 0.25) is 0 Å². The zero-order chi connectivity index (χ0) is 16.7. The van der Waals surface area contributed by atoms with Gasteiger partial charge in [0, 0.05) is 32.8 Å². The third-order valence-corrected chi connectivity index (χ3v) is 3.25. The summed E-state index contributed by atoms with van der Waals surface area (Å²) >= 11 is 0. The molecular weight excluding hydrogens is 292 g/mol. The predicted molar refractivity (Wildman–Crippen MR) is 91.2 cm³/mol. The number of nitro groups is 1.